The van der Waals surface area contributed by atoms with Crippen LogP contribution in [0, 0.1) is 17.6 Å². The molecule has 100 valence electrons. The van der Waals surface area contributed by atoms with E-state index in [-0.39, 0.29) is 11.4 Å². The van der Waals surface area contributed by atoms with Gasteiger partial charge in [-0.1, -0.05) is 12.1 Å². The number of nitrogens with two attached hydrogens (primary N) is 1. The topological polar surface area (TPSA) is 58.7 Å². The normalized spacial score (nSPS) is 22.8. The summed E-state index contributed by atoms with van der Waals surface area (Å²) < 4.78 is 27.2. The SMILES string of the molecule is NC1=NC(=O)N(CC2CC2)C1c1cccc(F)c1F. The van der Waals surface area contributed by atoms with Crippen LogP contribution in [0.1, 0.15) is 24.4 Å². The minimum Gasteiger partial charge on any atom is -0.385 e. The Morgan fingerprint density at radius 2 is 2.11 bits per heavy atom. The zero-order valence-corrected chi connectivity index (χ0v) is 10.1. The zero-order valence-electron chi connectivity index (χ0n) is 10.1. The van der Waals surface area contributed by atoms with Gasteiger partial charge in [0.1, 0.15) is 11.9 Å². The molecule has 1 fully saturated rings. The van der Waals surface area contributed by atoms with E-state index in [0.717, 1.165) is 18.9 Å². The Bertz CT molecular complexity index is 569. The van der Waals surface area contributed by atoms with Crippen LogP contribution in [0.4, 0.5) is 13.6 Å². The van der Waals surface area contributed by atoms with Gasteiger partial charge in [0, 0.05) is 12.1 Å². The number of hydrogen-bond acceptors (Lipinski definition) is 2. The van der Waals surface area contributed by atoms with Crippen molar-refractivity contribution in [3.63, 3.8) is 0 Å². The number of rotatable bonds is 3. The smallest absolute Gasteiger partial charge is 0.346 e. The fraction of sp³-hybridized carbons (Fsp3) is 0.385. The molecule has 0 radical (unpaired) electrons. The quantitative estimate of drug-likeness (QED) is 0.910. The number of amides is 2. The summed E-state index contributed by atoms with van der Waals surface area (Å²) >= 11 is 0. The minimum atomic E-state index is -0.971. The van der Waals surface area contributed by atoms with Crippen molar-refractivity contribution in [2.75, 3.05) is 6.54 Å². The number of aliphatic imine (C=N–C) groups is 1. The number of carbonyl (C=O) groups excluding carboxylic acids is 1. The van der Waals surface area contributed by atoms with Gasteiger partial charge in [0.15, 0.2) is 11.6 Å². The van der Waals surface area contributed by atoms with E-state index in [1.165, 1.54) is 17.0 Å². The molecule has 0 bridgehead atoms. The highest BCUT2D eigenvalue weighted by Gasteiger charge is 2.39. The van der Waals surface area contributed by atoms with Gasteiger partial charge in [0.05, 0.1) is 0 Å². The van der Waals surface area contributed by atoms with Crippen LogP contribution in [-0.4, -0.2) is 23.3 Å². The summed E-state index contributed by atoms with van der Waals surface area (Å²) in [7, 11) is 0. The lowest BCUT2D eigenvalue weighted by Crippen LogP contribution is -2.35. The Morgan fingerprint density at radius 1 is 1.37 bits per heavy atom. The van der Waals surface area contributed by atoms with Crippen molar-refractivity contribution in [2.24, 2.45) is 16.6 Å². The van der Waals surface area contributed by atoms with E-state index in [2.05, 4.69) is 4.99 Å². The summed E-state index contributed by atoms with van der Waals surface area (Å²) in [6, 6.07) is 2.61. The maximum atomic E-state index is 13.9. The van der Waals surface area contributed by atoms with Crippen LogP contribution in [0.5, 0.6) is 0 Å². The zero-order chi connectivity index (χ0) is 13.6. The van der Waals surface area contributed by atoms with Crippen LogP contribution in [0.25, 0.3) is 0 Å². The Morgan fingerprint density at radius 3 is 2.79 bits per heavy atom. The van der Waals surface area contributed by atoms with Gasteiger partial charge in [-0.05, 0) is 24.8 Å². The second kappa shape index (κ2) is 4.29. The minimum absolute atomic E-state index is 0.0233. The van der Waals surface area contributed by atoms with Crippen molar-refractivity contribution in [2.45, 2.75) is 18.9 Å². The third-order valence-corrected chi connectivity index (χ3v) is 3.49. The molecular weight excluding hydrogens is 252 g/mol. The standard InChI is InChI=1S/C13H13F2N3O/c14-9-3-1-2-8(10(9)15)11-12(16)17-13(19)18(11)6-7-4-5-7/h1-3,7,11H,4-6H2,(H2,16,17,19). The van der Waals surface area contributed by atoms with E-state index in [4.69, 9.17) is 5.73 Å². The van der Waals surface area contributed by atoms with E-state index >= 15 is 0 Å². The summed E-state index contributed by atoms with van der Waals surface area (Å²) in [5.74, 6) is -1.48. The summed E-state index contributed by atoms with van der Waals surface area (Å²) in [5, 5.41) is 0. The molecule has 1 aliphatic carbocycles. The first-order chi connectivity index (χ1) is 9.08. The first kappa shape index (κ1) is 12.1. The molecule has 0 saturated heterocycles. The molecule has 0 aromatic heterocycles. The van der Waals surface area contributed by atoms with Crippen LogP contribution in [0.15, 0.2) is 23.2 Å². The third kappa shape index (κ3) is 2.07. The second-order valence-electron chi connectivity index (χ2n) is 4.96. The number of hydrogen-bond donors (Lipinski definition) is 1. The molecule has 4 nitrogen and oxygen atoms in total. The fourth-order valence-electron chi connectivity index (χ4n) is 2.33. The number of carbonyl (C=O) groups is 1. The van der Waals surface area contributed by atoms with E-state index in [1.54, 1.807) is 0 Å². The van der Waals surface area contributed by atoms with Gasteiger partial charge in [0.2, 0.25) is 0 Å². The van der Waals surface area contributed by atoms with Crippen LogP contribution >= 0.6 is 0 Å². The molecule has 1 atom stereocenters. The fourth-order valence-corrected chi connectivity index (χ4v) is 2.33. The molecule has 1 saturated carbocycles. The second-order valence-corrected chi connectivity index (χ2v) is 4.96. The average Bonchev–Trinajstić information content (AvgIpc) is 3.12. The third-order valence-electron chi connectivity index (χ3n) is 3.49. The highest BCUT2D eigenvalue weighted by atomic mass is 19.2. The van der Waals surface area contributed by atoms with E-state index < -0.39 is 23.7 Å². The van der Waals surface area contributed by atoms with Gasteiger partial charge >= 0.3 is 6.03 Å². The van der Waals surface area contributed by atoms with Gasteiger partial charge in [-0.15, -0.1) is 0 Å². The van der Waals surface area contributed by atoms with Crippen LogP contribution in [0.2, 0.25) is 0 Å². The predicted octanol–water partition coefficient (Wildman–Crippen LogP) is 2.21. The lowest BCUT2D eigenvalue weighted by molar-refractivity contribution is 0.202. The molecule has 1 aliphatic heterocycles. The molecule has 0 spiro atoms. The maximum absolute atomic E-state index is 13.9. The van der Waals surface area contributed by atoms with Crippen LogP contribution in [0.3, 0.4) is 0 Å². The first-order valence-corrected chi connectivity index (χ1v) is 6.16. The molecule has 19 heavy (non-hydrogen) atoms. The van der Waals surface area contributed by atoms with Crippen molar-refractivity contribution in [1.82, 2.24) is 4.90 Å². The van der Waals surface area contributed by atoms with E-state index in [0.29, 0.717) is 12.5 Å². The summed E-state index contributed by atoms with van der Waals surface area (Å²) in [6.07, 6.45) is 2.09. The monoisotopic (exact) mass is 265 g/mol. The van der Waals surface area contributed by atoms with Crippen molar-refractivity contribution >= 4 is 11.9 Å². The predicted molar refractivity (Wildman–Crippen MR) is 65.5 cm³/mol. The van der Waals surface area contributed by atoms with Gasteiger partial charge in [-0.25, -0.2) is 13.6 Å². The largest absolute Gasteiger partial charge is 0.385 e. The molecule has 1 aromatic carbocycles. The number of amidine groups is 1. The Hall–Kier alpha value is -1.98. The van der Waals surface area contributed by atoms with Gasteiger partial charge in [-0.2, -0.15) is 4.99 Å². The van der Waals surface area contributed by atoms with Crippen molar-refractivity contribution < 1.29 is 13.6 Å². The summed E-state index contributed by atoms with van der Waals surface area (Å²) in [4.78, 5) is 16.9. The summed E-state index contributed by atoms with van der Waals surface area (Å²) in [5.41, 5.74) is 5.77. The highest BCUT2D eigenvalue weighted by molar-refractivity contribution is 6.03. The van der Waals surface area contributed by atoms with Crippen LogP contribution < -0.4 is 5.73 Å². The molecule has 2 aliphatic rings. The molecule has 1 unspecified atom stereocenters. The molecule has 2 amide bonds. The molecule has 2 N–H and O–H groups in total. The molecule has 1 heterocycles. The van der Waals surface area contributed by atoms with Crippen molar-refractivity contribution in [3.05, 3.63) is 35.4 Å². The highest BCUT2D eigenvalue weighted by Crippen LogP contribution is 2.36. The number of benzene rings is 1. The lowest BCUT2D eigenvalue weighted by atomic mass is 10.0. The Balaban J connectivity index is 1.97. The van der Waals surface area contributed by atoms with Crippen LogP contribution in [-0.2, 0) is 0 Å². The average molecular weight is 265 g/mol. The summed E-state index contributed by atoms with van der Waals surface area (Å²) in [6.45, 7) is 0.490. The number of urea groups is 1. The molecular formula is C13H13F2N3O. The number of halogens is 2. The molecule has 6 heteroatoms. The maximum Gasteiger partial charge on any atom is 0.346 e. The molecule has 3 rings (SSSR count). The van der Waals surface area contributed by atoms with Gasteiger partial charge in [0.25, 0.3) is 0 Å². The van der Waals surface area contributed by atoms with E-state index in [1.807, 2.05) is 0 Å². The van der Waals surface area contributed by atoms with Gasteiger partial charge < -0.3 is 10.6 Å². The Labute approximate surface area is 108 Å². The van der Waals surface area contributed by atoms with Gasteiger partial charge in [-0.3, -0.25) is 0 Å². The molecule has 1 aromatic rings. The van der Waals surface area contributed by atoms with Crippen molar-refractivity contribution in [1.29, 1.82) is 0 Å². The Kier molecular flexibility index (Phi) is 2.73. The lowest BCUT2D eigenvalue weighted by Gasteiger charge is -2.24. The van der Waals surface area contributed by atoms with E-state index in [9.17, 15) is 13.6 Å². The van der Waals surface area contributed by atoms with Crippen molar-refractivity contribution in [3.8, 4) is 0 Å². The first-order valence-electron chi connectivity index (χ1n) is 6.16. The number of nitrogens with zero attached hydrogens (tertiary/aromatic N) is 2.